The Morgan fingerprint density at radius 3 is 2.96 bits per heavy atom. The van der Waals surface area contributed by atoms with E-state index in [-0.39, 0.29) is 23.1 Å². The maximum Gasteiger partial charge on any atom is 0.230 e. The molecular formula is C20H22FN3O. The molecule has 5 rings (SSSR count). The fourth-order valence-electron chi connectivity index (χ4n) is 5.13. The zero-order chi connectivity index (χ0) is 17.0. The quantitative estimate of drug-likeness (QED) is 0.798. The van der Waals surface area contributed by atoms with Crippen LogP contribution in [0, 0.1) is 11.7 Å². The summed E-state index contributed by atoms with van der Waals surface area (Å²) in [4.78, 5) is 19.4. The number of carbonyl (C=O) groups excluding carboxylic acids is 1. The van der Waals surface area contributed by atoms with Crippen LogP contribution in [0.5, 0.6) is 0 Å². The number of halogens is 1. The summed E-state index contributed by atoms with van der Waals surface area (Å²) in [5, 5.41) is 0. The maximum atomic E-state index is 14.7. The molecule has 0 bridgehead atoms. The Kier molecular flexibility index (Phi) is 3.27. The van der Waals surface area contributed by atoms with Crippen LogP contribution in [0.15, 0.2) is 30.6 Å². The van der Waals surface area contributed by atoms with Gasteiger partial charge >= 0.3 is 0 Å². The normalized spacial score (nSPS) is 23.7. The lowest BCUT2D eigenvalue weighted by Crippen LogP contribution is -2.41. The van der Waals surface area contributed by atoms with Gasteiger partial charge in [0.25, 0.3) is 0 Å². The highest BCUT2D eigenvalue weighted by Crippen LogP contribution is 2.51. The van der Waals surface area contributed by atoms with Gasteiger partial charge in [0.1, 0.15) is 11.6 Å². The van der Waals surface area contributed by atoms with Gasteiger partial charge in [0.15, 0.2) is 0 Å². The summed E-state index contributed by atoms with van der Waals surface area (Å²) >= 11 is 0. The van der Waals surface area contributed by atoms with Crippen molar-refractivity contribution >= 4 is 11.6 Å². The number of hydrogen-bond donors (Lipinski definition) is 0. The van der Waals surface area contributed by atoms with Crippen molar-refractivity contribution in [1.29, 1.82) is 0 Å². The minimum Gasteiger partial charge on any atom is -0.335 e. The second-order valence-electron chi connectivity index (χ2n) is 7.77. The van der Waals surface area contributed by atoms with Crippen molar-refractivity contribution in [2.45, 2.75) is 50.5 Å². The van der Waals surface area contributed by atoms with Gasteiger partial charge in [-0.3, -0.25) is 4.79 Å². The van der Waals surface area contributed by atoms with E-state index < -0.39 is 0 Å². The first-order chi connectivity index (χ1) is 12.2. The van der Waals surface area contributed by atoms with Crippen molar-refractivity contribution < 1.29 is 9.18 Å². The summed E-state index contributed by atoms with van der Waals surface area (Å²) in [6.45, 7) is 1.46. The smallest absolute Gasteiger partial charge is 0.230 e. The molecule has 3 heterocycles. The number of rotatable bonds is 1. The molecule has 2 aromatic rings. The second kappa shape index (κ2) is 5.41. The molecule has 0 radical (unpaired) electrons. The van der Waals surface area contributed by atoms with Gasteiger partial charge in [-0.2, -0.15) is 0 Å². The van der Waals surface area contributed by atoms with Crippen LogP contribution in [-0.4, -0.2) is 22.0 Å². The topological polar surface area (TPSA) is 38.1 Å². The van der Waals surface area contributed by atoms with E-state index in [1.165, 1.54) is 18.9 Å². The molecule has 2 aliphatic heterocycles. The molecule has 3 aliphatic rings. The SMILES string of the molecule is O=C(C1CCn2ccnc2C1)N1CC2(CCCC2)c2cccc(F)c21. The van der Waals surface area contributed by atoms with E-state index in [0.717, 1.165) is 37.2 Å². The fraction of sp³-hybridized carbons (Fsp3) is 0.500. The molecule has 1 spiro atoms. The van der Waals surface area contributed by atoms with E-state index >= 15 is 0 Å². The molecule has 1 unspecified atom stereocenters. The third kappa shape index (κ3) is 2.17. The molecule has 25 heavy (non-hydrogen) atoms. The molecule has 0 N–H and O–H groups in total. The summed E-state index contributed by atoms with van der Waals surface area (Å²) in [6.07, 6.45) is 9.66. The van der Waals surface area contributed by atoms with Crippen molar-refractivity contribution in [3.05, 3.63) is 47.8 Å². The lowest BCUT2D eigenvalue weighted by atomic mass is 9.81. The Bertz CT molecular complexity index is 837. The molecule has 1 aliphatic carbocycles. The highest BCUT2D eigenvalue weighted by atomic mass is 19.1. The standard InChI is InChI=1S/C20H22FN3O/c21-16-5-3-4-15-18(16)24(13-20(15)7-1-2-8-20)19(25)14-6-10-23-11-9-22-17(23)12-14/h3-5,9,11,14H,1-2,6-8,10,12-13H2. The number of aromatic nitrogens is 2. The van der Waals surface area contributed by atoms with Crippen LogP contribution in [0.2, 0.25) is 0 Å². The van der Waals surface area contributed by atoms with E-state index in [4.69, 9.17) is 0 Å². The number of aryl methyl sites for hydroxylation is 1. The van der Waals surface area contributed by atoms with Crippen molar-refractivity contribution in [2.24, 2.45) is 5.92 Å². The Balaban J connectivity index is 1.50. The lowest BCUT2D eigenvalue weighted by molar-refractivity contribution is -0.123. The molecule has 1 aromatic carbocycles. The van der Waals surface area contributed by atoms with Crippen molar-refractivity contribution in [3.63, 3.8) is 0 Å². The Morgan fingerprint density at radius 2 is 2.12 bits per heavy atom. The predicted molar refractivity (Wildman–Crippen MR) is 92.9 cm³/mol. The molecule has 1 saturated carbocycles. The third-order valence-corrected chi connectivity index (χ3v) is 6.41. The lowest BCUT2D eigenvalue weighted by Gasteiger charge is -2.29. The largest absolute Gasteiger partial charge is 0.335 e. The fourth-order valence-corrected chi connectivity index (χ4v) is 5.13. The Labute approximate surface area is 146 Å². The van der Waals surface area contributed by atoms with Crippen LogP contribution in [-0.2, 0) is 23.2 Å². The minimum absolute atomic E-state index is 0.0276. The number of carbonyl (C=O) groups is 1. The molecule has 1 atom stereocenters. The Hall–Kier alpha value is -2.17. The average Bonchev–Trinajstić information content (AvgIpc) is 3.35. The molecule has 1 amide bonds. The monoisotopic (exact) mass is 339 g/mol. The number of anilines is 1. The van der Waals surface area contributed by atoms with Gasteiger partial charge < -0.3 is 9.47 Å². The predicted octanol–water partition coefficient (Wildman–Crippen LogP) is 3.44. The second-order valence-corrected chi connectivity index (χ2v) is 7.77. The van der Waals surface area contributed by atoms with Crippen LogP contribution in [0.1, 0.15) is 43.5 Å². The van der Waals surface area contributed by atoms with Crippen molar-refractivity contribution in [2.75, 3.05) is 11.4 Å². The molecule has 5 heteroatoms. The van der Waals surface area contributed by atoms with Gasteiger partial charge in [0.2, 0.25) is 5.91 Å². The average molecular weight is 339 g/mol. The molecule has 130 valence electrons. The molecule has 0 saturated heterocycles. The van der Waals surface area contributed by atoms with Crippen LogP contribution in [0.25, 0.3) is 0 Å². The third-order valence-electron chi connectivity index (χ3n) is 6.41. The van der Waals surface area contributed by atoms with E-state index in [2.05, 4.69) is 9.55 Å². The van der Waals surface area contributed by atoms with Gasteiger partial charge in [-0.1, -0.05) is 25.0 Å². The maximum absolute atomic E-state index is 14.7. The van der Waals surface area contributed by atoms with E-state index in [9.17, 15) is 9.18 Å². The van der Waals surface area contributed by atoms with E-state index in [1.807, 2.05) is 12.3 Å². The number of imidazole rings is 1. The number of hydrogen-bond acceptors (Lipinski definition) is 2. The zero-order valence-electron chi connectivity index (χ0n) is 14.2. The van der Waals surface area contributed by atoms with Crippen molar-refractivity contribution in [1.82, 2.24) is 9.55 Å². The highest BCUT2D eigenvalue weighted by Gasteiger charge is 2.48. The first-order valence-corrected chi connectivity index (χ1v) is 9.28. The van der Waals surface area contributed by atoms with Crippen LogP contribution >= 0.6 is 0 Å². The number of nitrogens with zero attached hydrogens (tertiary/aromatic N) is 3. The summed E-state index contributed by atoms with van der Waals surface area (Å²) in [6, 6.07) is 5.31. The number of para-hydroxylation sites is 1. The zero-order valence-corrected chi connectivity index (χ0v) is 14.2. The van der Waals surface area contributed by atoms with Crippen LogP contribution in [0.3, 0.4) is 0 Å². The van der Waals surface area contributed by atoms with Crippen LogP contribution in [0.4, 0.5) is 10.1 Å². The van der Waals surface area contributed by atoms with Gasteiger partial charge in [-0.05, 0) is 30.9 Å². The first kappa shape index (κ1) is 15.1. The van der Waals surface area contributed by atoms with Gasteiger partial charge in [0.05, 0.1) is 5.69 Å². The number of fused-ring (bicyclic) bond motifs is 3. The first-order valence-electron chi connectivity index (χ1n) is 9.28. The molecule has 4 nitrogen and oxygen atoms in total. The van der Waals surface area contributed by atoms with Gasteiger partial charge in [-0.15, -0.1) is 0 Å². The Morgan fingerprint density at radius 1 is 1.28 bits per heavy atom. The summed E-state index contributed by atoms with van der Waals surface area (Å²) in [5.41, 5.74) is 1.57. The van der Waals surface area contributed by atoms with Crippen LogP contribution < -0.4 is 4.90 Å². The molecule has 1 aromatic heterocycles. The minimum atomic E-state index is -0.257. The number of amides is 1. The summed E-state index contributed by atoms with van der Waals surface area (Å²) in [5.74, 6) is 0.684. The highest BCUT2D eigenvalue weighted by molar-refractivity contribution is 5.98. The number of benzene rings is 1. The molecule has 1 fully saturated rings. The van der Waals surface area contributed by atoms with E-state index in [0.29, 0.717) is 18.7 Å². The van der Waals surface area contributed by atoms with E-state index in [1.54, 1.807) is 17.2 Å². The van der Waals surface area contributed by atoms with Gasteiger partial charge in [0, 0.05) is 43.2 Å². The summed E-state index contributed by atoms with van der Waals surface area (Å²) < 4.78 is 16.8. The molecular weight excluding hydrogens is 317 g/mol. The van der Waals surface area contributed by atoms with Gasteiger partial charge in [-0.25, -0.2) is 9.37 Å². The van der Waals surface area contributed by atoms with Crippen molar-refractivity contribution in [3.8, 4) is 0 Å². The summed E-state index contributed by atoms with van der Waals surface area (Å²) in [7, 11) is 0.